The Hall–Kier alpha value is -1.56. The molecule has 1 fully saturated rings. The lowest BCUT2D eigenvalue weighted by Gasteiger charge is -2.27. The fraction of sp³-hybridized carbons (Fsp3) is 0.500. The topological polar surface area (TPSA) is 50.5 Å². The van der Waals surface area contributed by atoms with Crippen molar-refractivity contribution in [3.63, 3.8) is 0 Å². The average Bonchev–Trinajstić information content (AvgIpc) is 2.95. The molecular formula is C14H18N4OS. The number of aliphatic imine (C=N–C) groups is 1. The average molecular weight is 290 g/mol. The quantitative estimate of drug-likeness (QED) is 0.744. The number of thioether (sulfide) groups is 1. The Morgan fingerprint density at radius 1 is 1.30 bits per heavy atom. The van der Waals surface area contributed by atoms with Crippen molar-refractivity contribution in [2.45, 2.75) is 26.2 Å². The van der Waals surface area contributed by atoms with E-state index in [4.69, 9.17) is 0 Å². The molecule has 0 aliphatic carbocycles. The number of amides is 1. The number of nitrogens with zero attached hydrogens (tertiary/aromatic N) is 4. The minimum absolute atomic E-state index is 0.126. The second kappa shape index (κ2) is 5.44. The van der Waals surface area contributed by atoms with Gasteiger partial charge in [-0.15, -0.1) is 0 Å². The van der Waals surface area contributed by atoms with Gasteiger partial charge in [-0.2, -0.15) is 10.1 Å². The molecule has 1 aromatic heterocycles. The van der Waals surface area contributed by atoms with Crippen molar-refractivity contribution in [2.24, 2.45) is 12.0 Å². The Kier molecular flexibility index (Phi) is 3.65. The van der Waals surface area contributed by atoms with Crippen molar-refractivity contribution >= 4 is 28.9 Å². The fourth-order valence-corrected chi connectivity index (χ4v) is 3.48. The van der Waals surface area contributed by atoms with Gasteiger partial charge in [-0.3, -0.25) is 9.48 Å². The maximum absolute atomic E-state index is 12.0. The summed E-state index contributed by atoms with van der Waals surface area (Å²) in [6, 6.07) is 0. The third-order valence-electron chi connectivity index (χ3n) is 3.57. The number of carbonyl (C=O) groups excluding carboxylic acids is 1. The van der Waals surface area contributed by atoms with Gasteiger partial charge in [0.1, 0.15) is 0 Å². The lowest BCUT2D eigenvalue weighted by atomic mass is 10.1. The molecule has 0 radical (unpaired) electrons. The number of aryl methyl sites for hydroxylation is 2. The summed E-state index contributed by atoms with van der Waals surface area (Å²) in [5, 5.41) is 5.15. The van der Waals surface area contributed by atoms with E-state index in [1.807, 2.05) is 26.2 Å². The molecule has 106 valence electrons. The Morgan fingerprint density at radius 2 is 2.05 bits per heavy atom. The van der Waals surface area contributed by atoms with E-state index in [1.54, 1.807) is 4.68 Å². The monoisotopic (exact) mass is 290 g/mol. The van der Waals surface area contributed by atoms with Crippen molar-refractivity contribution in [1.29, 1.82) is 0 Å². The van der Waals surface area contributed by atoms with Gasteiger partial charge in [0.05, 0.1) is 10.6 Å². The fourth-order valence-electron chi connectivity index (χ4n) is 2.52. The van der Waals surface area contributed by atoms with Crippen LogP contribution in [0.25, 0.3) is 6.08 Å². The van der Waals surface area contributed by atoms with Crippen molar-refractivity contribution in [2.75, 3.05) is 13.1 Å². The standard InChI is InChI=1S/C14H18N4OS/c1-10-11(9-17(2)16-10)8-12-13(19)15-14(20-12)18-6-4-3-5-7-18/h8-9H,3-7H2,1-2H3/b12-8-. The van der Waals surface area contributed by atoms with Crippen molar-refractivity contribution in [3.05, 3.63) is 22.4 Å². The highest BCUT2D eigenvalue weighted by Gasteiger charge is 2.27. The third-order valence-corrected chi connectivity index (χ3v) is 4.62. The van der Waals surface area contributed by atoms with Crippen LogP contribution in [0, 0.1) is 6.92 Å². The first-order chi connectivity index (χ1) is 9.63. The van der Waals surface area contributed by atoms with E-state index in [1.165, 1.54) is 31.0 Å². The summed E-state index contributed by atoms with van der Waals surface area (Å²) in [5.74, 6) is -0.126. The highest BCUT2D eigenvalue weighted by atomic mass is 32.2. The van der Waals surface area contributed by atoms with E-state index in [-0.39, 0.29) is 5.91 Å². The number of piperidine rings is 1. The Morgan fingerprint density at radius 3 is 2.70 bits per heavy atom. The molecule has 0 bridgehead atoms. The summed E-state index contributed by atoms with van der Waals surface area (Å²) in [5.41, 5.74) is 1.92. The molecule has 2 aliphatic rings. The highest BCUT2D eigenvalue weighted by molar-refractivity contribution is 8.18. The Labute approximate surface area is 122 Å². The molecule has 5 nitrogen and oxygen atoms in total. The van der Waals surface area contributed by atoms with Crippen LogP contribution in [-0.2, 0) is 11.8 Å². The first kappa shape index (κ1) is 13.4. The molecule has 0 saturated carbocycles. The van der Waals surface area contributed by atoms with E-state index in [2.05, 4.69) is 15.0 Å². The summed E-state index contributed by atoms with van der Waals surface area (Å²) in [7, 11) is 1.88. The van der Waals surface area contributed by atoms with Gasteiger partial charge in [0.2, 0.25) is 0 Å². The van der Waals surface area contributed by atoms with Crippen LogP contribution < -0.4 is 0 Å². The molecule has 6 heteroatoms. The number of likely N-dealkylation sites (tertiary alicyclic amines) is 1. The molecule has 0 atom stereocenters. The van der Waals surface area contributed by atoms with E-state index < -0.39 is 0 Å². The summed E-state index contributed by atoms with van der Waals surface area (Å²) in [6.45, 7) is 3.97. The van der Waals surface area contributed by atoms with Crippen LogP contribution in [0.1, 0.15) is 30.5 Å². The SMILES string of the molecule is Cc1nn(C)cc1/C=C1\SC(N2CCCCC2)=NC1=O. The maximum Gasteiger partial charge on any atom is 0.286 e. The van der Waals surface area contributed by atoms with Gasteiger partial charge in [0.15, 0.2) is 5.17 Å². The van der Waals surface area contributed by atoms with Gasteiger partial charge in [0.25, 0.3) is 5.91 Å². The van der Waals surface area contributed by atoms with Gasteiger partial charge < -0.3 is 4.90 Å². The molecule has 3 rings (SSSR count). The maximum atomic E-state index is 12.0. The van der Waals surface area contributed by atoms with Crippen molar-refractivity contribution < 1.29 is 4.79 Å². The van der Waals surface area contributed by atoms with Crippen molar-refractivity contribution in [1.82, 2.24) is 14.7 Å². The zero-order chi connectivity index (χ0) is 14.1. The van der Waals surface area contributed by atoms with Crippen LogP contribution in [0.3, 0.4) is 0 Å². The molecule has 0 unspecified atom stereocenters. The zero-order valence-electron chi connectivity index (χ0n) is 11.8. The largest absolute Gasteiger partial charge is 0.351 e. The number of aromatic nitrogens is 2. The van der Waals surface area contributed by atoms with Crippen LogP contribution in [0.15, 0.2) is 16.1 Å². The summed E-state index contributed by atoms with van der Waals surface area (Å²) < 4.78 is 1.76. The van der Waals surface area contributed by atoms with E-state index in [0.717, 1.165) is 29.5 Å². The first-order valence-corrected chi connectivity index (χ1v) is 7.73. The zero-order valence-corrected chi connectivity index (χ0v) is 12.6. The van der Waals surface area contributed by atoms with Gasteiger partial charge in [-0.05, 0) is 44.0 Å². The number of hydrogen-bond donors (Lipinski definition) is 0. The molecule has 3 heterocycles. The van der Waals surface area contributed by atoms with E-state index in [0.29, 0.717) is 4.91 Å². The van der Waals surface area contributed by atoms with Crippen LogP contribution in [0.5, 0.6) is 0 Å². The van der Waals surface area contributed by atoms with E-state index >= 15 is 0 Å². The predicted octanol–water partition coefficient (Wildman–Crippen LogP) is 2.18. The minimum atomic E-state index is -0.126. The molecule has 2 aliphatic heterocycles. The molecule has 0 N–H and O–H groups in total. The number of hydrogen-bond acceptors (Lipinski definition) is 4. The van der Waals surface area contributed by atoms with Gasteiger partial charge in [-0.25, -0.2) is 0 Å². The number of carbonyl (C=O) groups is 1. The molecule has 0 aromatic carbocycles. The molecule has 0 spiro atoms. The molecule has 1 amide bonds. The molecular weight excluding hydrogens is 272 g/mol. The first-order valence-electron chi connectivity index (χ1n) is 6.91. The lowest BCUT2D eigenvalue weighted by molar-refractivity contribution is -0.113. The smallest absolute Gasteiger partial charge is 0.286 e. The summed E-state index contributed by atoms with van der Waals surface area (Å²) in [4.78, 5) is 19.1. The van der Waals surface area contributed by atoms with Crippen molar-refractivity contribution in [3.8, 4) is 0 Å². The number of rotatable bonds is 1. The summed E-state index contributed by atoms with van der Waals surface area (Å²) in [6.07, 6.45) is 7.48. The predicted molar refractivity (Wildman–Crippen MR) is 81.4 cm³/mol. The molecule has 1 saturated heterocycles. The Balaban J connectivity index is 1.77. The highest BCUT2D eigenvalue weighted by Crippen LogP contribution is 2.31. The normalized spacial score (nSPS) is 21.7. The lowest BCUT2D eigenvalue weighted by Crippen LogP contribution is -2.33. The second-order valence-corrected chi connectivity index (χ2v) is 6.21. The van der Waals surface area contributed by atoms with Crippen LogP contribution in [-0.4, -0.2) is 38.8 Å². The van der Waals surface area contributed by atoms with Crippen LogP contribution >= 0.6 is 11.8 Å². The van der Waals surface area contributed by atoms with Crippen LogP contribution in [0.2, 0.25) is 0 Å². The molecule has 1 aromatic rings. The third kappa shape index (κ3) is 2.65. The van der Waals surface area contributed by atoms with Gasteiger partial charge in [-0.1, -0.05) is 0 Å². The minimum Gasteiger partial charge on any atom is -0.351 e. The van der Waals surface area contributed by atoms with E-state index in [9.17, 15) is 4.79 Å². The summed E-state index contributed by atoms with van der Waals surface area (Å²) >= 11 is 1.49. The second-order valence-electron chi connectivity index (χ2n) is 5.20. The van der Waals surface area contributed by atoms with Gasteiger partial charge >= 0.3 is 0 Å². The Bertz CT molecular complexity index is 596. The van der Waals surface area contributed by atoms with Crippen LogP contribution in [0.4, 0.5) is 0 Å². The number of amidine groups is 1. The van der Waals surface area contributed by atoms with Gasteiger partial charge in [0, 0.05) is 31.9 Å². The molecule has 20 heavy (non-hydrogen) atoms.